The fourth-order valence-electron chi connectivity index (χ4n) is 4.15. The minimum atomic E-state index is -0.663. The average molecular weight is 537 g/mol. The maximum Gasteiger partial charge on any atom is 0.338 e. The van der Waals surface area contributed by atoms with Gasteiger partial charge in [-0.3, -0.25) is 9.36 Å². The molecule has 0 radical (unpaired) electrons. The van der Waals surface area contributed by atoms with Gasteiger partial charge in [0.1, 0.15) is 6.61 Å². The van der Waals surface area contributed by atoms with E-state index < -0.39 is 12.0 Å². The molecule has 1 aliphatic heterocycles. The van der Waals surface area contributed by atoms with Gasteiger partial charge < -0.3 is 14.2 Å². The number of esters is 1. The number of carbonyl (C=O) groups is 1. The number of fused-ring (bicyclic) bond motifs is 1. The van der Waals surface area contributed by atoms with E-state index in [0.29, 0.717) is 55.7 Å². The summed E-state index contributed by atoms with van der Waals surface area (Å²) in [6, 6.07) is 12.1. The second-order valence-corrected chi connectivity index (χ2v) is 9.37. The van der Waals surface area contributed by atoms with Gasteiger partial charge in [-0.15, -0.1) is 6.42 Å². The zero-order valence-corrected chi connectivity index (χ0v) is 22.2. The largest absolute Gasteiger partial charge is 0.490 e. The molecule has 7 nitrogen and oxygen atoms in total. The lowest BCUT2D eigenvalue weighted by molar-refractivity contribution is -0.136. The maximum atomic E-state index is 13.8. The fourth-order valence-corrected chi connectivity index (χ4v) is 5.45. The first kappa shape index (κ1) is 26.3. The Morgan fingerprint density at radius 2 is 2.00 bits per heavy atom. The molecule has 9 heteroatoms. The van der Waals surface area contributed by atoms with Crippen LogP contribution in [-0.4, -0.2) is 30.9 Å². The molecule has 0 N–H and O–H groups in total. The predicted octanol–water partition coefficient (Wildman–Crippen LogP) is 3.86. The number of methoxy groups -OCH3 is 1. The van der Waals surface area contributed by atoms with Crippen molar-refractivity contribution in [2.75, 3.05) is 20.3 Å². The van der Waals surface area contributed by atoms with Crippen LogP contribution in [0.15, 0.2) is 63.5 Å². The number of rotatable bonds is 8. The van der Waals surface area contributed by atoms with E-state index in [-0.39, 0.29) is 12.2 Å². The van der Waals surface area contributed by atoms with Gasteiger partial charge in [-0.2, -0.15) is 0 Å². The van der Waals surface area contributed by atoms with Crippen molar-refractivity contribution in [2.24, 2.45) is 4.99 Å². The Morgan fingerprint density at radius 3 is 2.65 bits per heavy atom. The van der Waals surface area contributed by atoms with Crippen molar-refractivity contribution in [3.8, 4) is 23.8 Å². The highest BCUT2D eigenvalue weighted by Crippen LogP contribution is 2.37. The van der Waals surface area contributed by atoms with Crippen molar-refractivity contribution in [3.05, 3.63) is 89.6 Å². The Kier molecular flexibility index (Phi) is 8.17. The molecule has 3 aromatic rings. The highest BCUT2D eigenvalue weighted by atomic mass is 35.5. The molecule has 1 atom stereocenters. The molecule has 0 spiro atoms. The topological polar surface area (TPSA) is 79.1 Å². The van der Waals surface area contributed by atoms with Crippen LogP contribution in [0.2, 0.25) is 5.02 Å². The molecule has 1 aliphatic rings. The lowest BCUT2D eigenvalue weighted by Crippen LogP contribution is -2.40. The lowest BCUT2D eigenvalue weighted by atomic mass is 9.95. The van der Waals surface area contributed by atoms with Crippen molar-refractivity contribution < 1.29 is 19.0 Å². The van der Waals surface area contributed by atoms with Gasteiger partial charge in [-0.1, -0.05) is 66.1 Å². The van der Waals surface area contributed by atoms with E-state index in [1.807, 2.05) is 44.2 Å². The van der Waals surface area contributed by atoms with Gasteiger partial charge in [-0.25, -0.2) is 9.79 Å². The van der Waals surface area contributed by atoms with Crippen molar-refractivity contribution >= 4 is 35.0 Å². The Balaban J connectivity index is 1.92. The third kappa shape index (κ3) is 5.19. The van der Waals surface area contributed by atoms with Gasteiger partial charge in [0.25, 0.3) is 5.56 Å². The monoisotopic (exact) mass is 536 g/mol. The van der Waals surface area contributed by atoms with Gasteiger partial charge in [0.05, 0.1) is 40.6 Å². The third-order valence-electron chi connectivity index (χ3n) is 5.69. The molecule has 1 aromatic heterocycles. The van der Waals surface area contributed by atoms with Crippen molar-refractivity contribution in [3.63, 3.8) is 0 Å². The van der Waals surface area contributed by atoms with E-state index >= 15 is 0 Å². The van der Waals surface area contributed by atoms with Gasteiger partial charge >= 0.3 is 5.97 Å². The quantitative estimate of drug-likeness (QED) is 0.323. The highest BCUT2D eigenvalue weighted by Gasteiger charge is 2.33. The number of allylic oxidation sites excluding steroid dienone is 1. The van der Waals surface area contributed by atoms with E-state index in [1.165, 1.54) is 18.4 Å². The summed E-state index contributed by atoms with van der Waals surface area (Å²) in [5.74, 6) is 2.67. The molecule has 2 heterocycles. The Hall–Kier alpha value is -3.80. The number of hydrogen-bond acceptors (Lipinski definition) is 7. The van der Waals surface area contributed by atoms with Crippen LogP contribution in [0.4, 0.5) is 0 Å². The Labute approximate surface area is 223 Å². The summed E-state index contributed by atoms with van der Waals surface area (Å²) in [4.78, 5) is 31.8. The number of nitrogens with zero attached hydrogens (tertiary/aromatic N) is 2. The molecule has 0 aliphatic carbocycles. The van der Waals surface area contributed by atoms with Gasteiger partial charge in [0.15, 0.2) is 16.3 Å². The summed E-state index contributed by atoms with van der Waals surface area (Å²) < 4.78 is 18.3. The molecular weight excluding hydrogens is 512 g/mol. The number of ether oxygens (including phenoxy) is 3. The van der Waals surface area contributed by atoms with Gasteiger partial charge in [0.2, 0.25) is 0 Å². The van der Waals surface area contributed by atoms with Crippen LogP contribution >= 0.6 is 22.9 Å². The van der Waals surface area contributed by atoms with Crippen LogP contribution < -0.4 is 24.4 Å². The zero-order chi connectivity index (χ0) is 26.5. The molecule has 0 amide bonds. The normalized spacial score (nSPS) is 15.0. The summed E-state index contributed by atoms with van der Waals surface area (Å²) in [5.41, 5.74) is 2.09. The fraction of sp³-hybridized carbons (Fsp3) is 0.250. The van der Waals surface area contributed by atoms with Crippen LogP contribution in [0.5, 0.6) is 11.5 Å². The van der Waals surface area contributed by atoms with E-state index in [9.17, 15) is 9.59 Å². The van der Waals surface area contributed by atoms with Crippen molar-refractivity contribution in [1.29, 1.82) is 0 Å². The van der Waals surface area contributed by atoms with Crippen molar-refractivity contribution in [1.82, 2.24) is 4.57 Å². The van der Waals surface area contributed by atoms with E-state index in [4.69, 9.17) is 32.2 Å². The first-order valence-corrected chi connectivity index (χ1v) is 12.8. The van der Waals surface area contributed by atoms with E-state index in [1.54, 1.807) is 22.8 Å². The van der Waals surface area contributed by atoms with Gasteiger partial charge in [-0.05, 0) is 42.7 Å². The summed E-state index contributed by atoms with van der Waals surface area (Å²) in [6.45, 7) is 4.19. The molecule has 0 saturated heterocycles. The Bertz CT molecular complexity index is 1580. The molecule has 0 unspecified atom stereocenters. The molecule has 2 aromatic carbocycles. The minimum absolute atomic E-state index is 0.0412. The van der Waals surface area contributed by atoms with Crippen LogP contribution in [0.3, 0.4) is 0 Å². The second-order valence-electron chi connectivity index (χ2n) is 7.95. The molecular formula is C28H25ClN2O5S. The minimum Gasteiger partial charge on any atom is -0.490 e. The van der Waals surface area contributed by atoms with Crippen LogP contribution in [0.25, 0.3) is 6.08 Å². The van der Waals surface area contributed by atoms with E-state index in [2.05, 4.69) is 10.9 Å². The van der Waals surface area contributed by atoms with Crippen LogP contribution in [0.1, 0.15) is 37.4 Å². The molecule has 37 heavy (non-hydrogen) atoms. The summed E-state index contributed by atoms with van der Waals surface area (Å²) in [7, 11) is 1.33. The Morgan fingerprint density at radius 1 is 1.24 bits per heavy atom. The number of benzene rings is 2. The second kappa shape index (κ2) is 11.5. The summed E-state index contributed by atoms with van der Waals surface area (Å²) in [6.07, 6.45) is 7.54. The smallest absolute Gasteiger partial charge is 0.338 e. The first-order chi connectivity index (χ1) is 17.9. The molecule has 4 rings (SSSR count). The van der Waals surface area contributed by atoms with Crippen LogP contribution in [-0.2, 0) is 9.53 Å². The van der Waals surface area contributed by atoms with Gasteiger partial charge in [0, 0.05) is 0 Å². The third-order valence-corrected chi connectivity index (χ3v) is 6.96. The number of terminal acetylenes is 1. The molecule has 0 saturated carbocycles. The number of thiazole rings is 1. The summed E-state index contributed by atoms with van der Waals surface area (Å²) in [5, 5.41) is 0.309. The molecule has 0 bridgehead atoms. The van der Waals surface area contributed by atoms with Crippen LogP contribution in [0, 0.1) is 12.3 Å². The van der Waals surface area contributed by atoms with Crippen molar-refractivity contribution in [2.45, 2.75) is 26.3 Å². The SMILES string of the molecule is C#CCOc1c(Cl)cc(/C=c2\sc3n(c2=O)[C@@H](c2ccccc2)C(C(=O)OC)=C(CC)N=3)cc1OCC. The number of halogens is 1. The maximum absolute atomic E-state index is 13.8. The first-order valence-electron chi connectivity index (χ1n) is 11.6. The molecule has 190 valence electrons. The highest BCUT2D eigenvalue weighted by molar-refractivity contribution is 7.07. The average Bonchev–Trinajstić information content (AvgIpc) is 3.21. The number of hydrogen-bond donors (Lipinski definition) is 0. The predicted molar refractivity (Wildman–Crippen MR) is 144 cm³/mol. The number of carbonyl (C=O) groups excluding carboxylic acids is 1. The summed E-state index contributed by atoms with van der Waals surface area (Å²) >= 11 is 7.71. The van der Waals surface area contributed by atoms with E-state index in [0.717, 1.165) is 5.56 Å². The lowest BCUT2D eigenvalue weighted by Gasteiger charge is -2.25. The zero-order valence-electron chi connectivity index (χ0n) is 20.6. The molecule has 0 fully saturated rings. The number of aromatic nitrogens is 1. The standard InChI is InChI=1S/C28H25ClN2O5S/c1-5-13-36-25-19(29)14-17(15-21(25)35-7-3)16-22-26(32)31-24(18-11-9-8-10-12-18)23(27(33)34-4)20(6-2)30-28(31)37-22/h1,8-12,14-16,24H,6-7,13H2,2-4H3/b22-16-/t24-/m0/s1.